The summed E-state index contributed by atoms with van der Waals surface area (Å²) in [5.41, 5.74) is 1.80. The molecule has 1 atom stereocenters. The lowest BCUT2D eigenvalue weighted by Crippen LogP contribution is -2.54. The van der Waals surface area contributed by atoms with Gasteiger partial charge in [-0.15, -0.1) is 0 Å². The van der Waals surface area contributed by atoms with E-state index in [4.69, 9.17) is 0 Å². The summed E-state index contributed by atoms with van der Waals surface area (Å²) in [6.07, 6.45) is 3.13. The third-order valence-corrected chi connectivity index (χ3v) is 7.98. The summed E-state index contributed by atoms with van der Waals surface area (Å²) < 4.78 is 26.8. The Kier molecular flexibility index (Phi) is 6.64. The van der Waals surface area contributed by atoms with E-state index in [2.05, 4.69) is 15.7 Å². The topological polar surface area (TPSA) is 132 Å². The molecule has 4 amide bonds. The molecule has 0 aliphatic carbocycles. The quantitative estimate of drug-likeness (QED) is 0.537. The first-order valence-corrected chi connectivity index (χ1v) is 12.4. The van der Waals surface area contributed by atoms with Crippen molar-refractivity contribution in [3.63, 3.8) is 0 Å². The number of sulfonamides is 1. The second kappa shape index (κ2) is 9.49. The largest absolute Gasteiger partial charge is 0.344 e. The van der Waals surface area contributed by atoms with Crippen LogP contribution in [-0.2, 0) is 25.2 Å². The van der Waals surface area contributed by atoms with Gasteiger partial charge in [0.15, 0.2) is 0 Å². The molecule has 2 aliphatic rings. The van der Waals surface area contributed by atoms with Crippen molar-refractivity contribution in [2.24, 2.45) is 0 Å². The highest BCUT2D eigenvalue weighted by Crippen LogP contribution is 2.31. The fraction of sp³-hybridized carbons (Fsp3) is 0.364. The smallest absolute Gasteiger partial charge is 0.318 e. The van der Waals surface area contributed by atoms with Crippen LogP contribution in [0.3, 0.4) is 0 Å². The standard InChI is InChI=1S/C22H26N6O5S/c1-2-22(17-7-4-3-5-8-17)20(30)28(21(31)24-22)25-19(29)16-26-11-13-27(14-12-26)34(32,33)18-9-6-10-23-15-18/h3-10,15H,2,11-14,16H2,1H3,(H,24,31)(H,25,29). The fourth-order valence-corrected chi connectivity index (χ4v) is 5.57. The van der Waals surface area contributed by atoms with Gasteiger partial charge in [0.05, 0.1) is 6.54 Å². The highest BCUT2D eigenvalue weighted by Gasteiger charge is 2.52. The van der Waals surface area contributed by atoms with Crippen LogP contribution in [-0.4, -0.2) is 78.2 Å². The molecule has 1 aromatic carbocycles. The first-order chi connectivity index (χ1) is 16.3. The van der Waals surface area contributed by atoms with Gasteiger partial charge in [-0.1, -0.05) is 37.3 Å². The van der Waals surface area contributed by atoms with Crippen molar-refractivity contribution in [3.05, 3.63) is 60.4 Å². The van der Waals surface area contributed by atoms with E-state index < -0.39 is 33.4 Å². The maximum atomic E-state index is 13.1. The Morgan fingerprint density at radius 2 is 1.79 bits per heavy atom. The lowest BCUT2D eigenvalue weighted by atomic mass is 9.87. The number of imide groups is 1. The van der Waals surface area contributed by atoms with Crippen molar-refractivity contribution in [1.82, 2.24) is 29.9 Å². The first kappa shape index (κ1) is 23.8. The van der Waals surface area contributed by atoms with Crippen LogP contribution in [0.4, 0.5) is 4.79 Å². The number of nitrogens with zero attached hydrogens (tertiary/aromatic N) is 4. The van der Waals surface area contributed by atoms with E-state index >= 15 is 0 Å². The maximum Gasteiger partial charge on any atom is 0.344 e. The molecule has 2 aliphatic heterocycles. The van der Waals surface area contributed by atoms with Crippen molar-refractivity contribution >= 4 is 27.9 Å². The summed E-state index contributed by atoms with van der Waals surface area (Å²) >= 11 is 0. The van der Waals surface area contributed by atoms with E-state index in [9.17, 15) is 22.8 Å². The maximum absolute atomic E-state index is 13.1. The molecule has 11 nitrogen and oxygen atoms in total. The van der Waals surface area contributed by atoms with Crippen molar-refractivity contribution in [2.45, 2.75) is 23.8 Å². The predicted octanol–water partition coefficient (Wildman–Crippen LogP) is 0.276. The molecule has 180 valence electrons. The Hall–Kier alpha value is -3.35. The molecule has 0 spiro atoms. The van der Waals surface area contributed by atoms with Crippen LogP contribution >= 0.6 is 0 Å². The first-order valence-electron chi connectivity index (χ1n) is 10.9. The van der Waals surface area contributed by atoms with Crippen LogP contribution in [0.2, 0.25) is 0 Å². The van der Waals surface area contributed by atoms with Crippen molar-refractivity contribution in [3.8, 4) is 0 Å². The van der Waals surface area contributed by atoms with Crippen LogP contribution in [0.5, 0.6) is 0 Å². The number of carbonyl (C=O) groups is 3. The molecule has 0 radical (unpaired) electrons. The summed E-state index contributed by atoms with van der Waals surface area (Å²) in [7, 11) is -3.65. The van der Waals surface area contributed by atoms with Crippen LogP contribution < -0.4 is 10.7 Å². The van der Waals surface area contributed by atoms with Crippen LogP contribution in [0.1, 0.15) is 18.9 Å². The number of carbonyl (C=O) groups excluding carboxylic acids is 3. The molecular formula is C22H26N6O5S. The van der Waals surface area contributed by atoms with E-state index in [1.54, 1.807) is 42.2 Å². The SMILES string of the molecule is CCC1(c2ccccc2)NC(=O)N(NC(=O)CN2CCN(S(=O)(=O)c3cccnc3)CC2)C1=O. The van der Waals surface area contributed by atoms with Crippen molar-refractivity contribution < 1.29 is 22.8 Å². The van der Waals surface area contributed by atoms with Gasteiger partial charge in [-0.05, 0) is 24.1 Å². The Bertz CT molecular complexity index is 1170. The molecular weight excluding hydrogens is 460 g/mol. The van der Waals surface area contributed by atoms with Gasteiger partial charge in [0.25, 0.3) is 11.8 Å². The minimum absolute atomic E-state index is 0.0810. The number of rotatable bonds is 7. The van der Waals surface area contributed by atoms with Gasteiger partial charge in [-0.25, -0.2) is 13.2 Å². The Labute approximate surface area is 197 Å². The Morgan fingerprint density at radius 1 is 1.09 bits per heavy atom. The molecule has 0 saturated carbocycles. The summed E-state index contributed by atoms with van der Waals surface area (Å²) in [6.45, 7) is 2.78. The number of benzene rings is 1. The lowest BCUT2D eigenvalue weighted by Gasteiger charge is -2.33. The second-order valence-corrected chi connectivity index (χ2v) is 10.0. The highest BCUT2D eigenvalue weighted by atomic mass is 32.2. The predicted molar refractivity (Wildman–Crippen MR) is 121 cm³/mol. The molecule has 2 fully saturated rings. The minimum Gasteiger partial charge on any atom is -0.318 e. The summed E-state index contributed by atoms with van der Waals surface area (Å²) in [5, 5.41) is 3.43. The van der Waals surface area contributed by atoms with Gasteiger partial charge in [0.1, 0.15) is 10.4 Å². The molecule has 4 rings (SSSR count). The highest BCUT2D eigenvalue weighted by molar-refractivity contribution is 7.89. The van der Waals surface area contributed by atoms with Gasteiger partial charge in [-0.2, -0.15) is 9.31 Å². The number of hydrogen-bond donors (Lipinski definition) is 2. The van der Waals surface area contributed by atoms with E-state index in [-0.39, 0.29) is 24.5 Å². The normalized spacial score (nSPS) is 22.0. The number of hydrazine groups is 1. The zero-order valence-corrected chi connectivity index (χ0v) is 19.5. The lowest BCUT2D eigenvalue weighted by molar-refractivity contribution is -0.140. The van der Waals surface area contributed by atoms with Gasteiger partial charge in [0.2, 0.25) is 10.0 Å². The molecule has 2 aromatic rings. The Morgan fingerprint density at radius 3 is 2.41 bits per heavy atom. The average Bonchev–Trinajstić information content (AvgIpc) is 3.10. The average molecular weight is 487 g/mol. The van der Waals surface area contributed by atoms with E-state index in [1.165, 1.54) is 22.8 Å². The number of amides is 4. The molecule has 1 unspecified atom stereocenters. The number of aromatic nitrogens is 1. The summed E-state index contributed by atoms with van der Waals surface area (Å²) in [5.74, 6) is -1.08. The zero-order chi connectivity index (χ0) is 24.3. The van der Waals surface area contributed by atoms with E-state index in [0.717, 1.165) is 5.01 Å². The van der Waals surface area contributed by atoms with Crippen LogP contribution in [0, 0.1) is 0 Å². The molecule has 12 heteroatoms. The van der Waals surface area contributed by atoms with Crippen molar-refractivity contribution in [2.75, 3.05) is 32.7 Å². The number of piperazine rings is 1. The summed E-state index contributed by atoms with van der Waals surface area (Å²) in [4.78, 5) is 44.0. The fourth-order valence-electron chi connectivity index (χ4n) is 4.18. The Balaban J connectivity index is 1.35. The molecule has 1 aromatic heterocycles. The number of urea groups is 1. The zero-order valence-electron chi connectivity index (χ0n) is 18.7. The number of nitrogens with one attached hydrogen (secondary N) is 2. The molecule has 34 heavy (non-hydrogen) atoms. The van der Waals surface area contributed by atoms with Crippen LogP contribution in [0.15, 0.2) is 59.8 Å². The van der Waals surface area contributed by atoms with Crippen molar-refractivity contribution in [1.29, 1.82) is 0 Å². The van der Waals surface area contributed by atoms with Gasteiger partial charge in [-0.3, -0.25) is 24.9 Å². The van der Waals surface area contributed by atoms with Gasteiger partial charge < -0.3 is 5.32 Å². The van der Waals surface area contributed by atoms with E-state index in [0.29, 0.717) is 25.1 Å². The molecule has 0 bridgehead atoms. The second-order valence-electron chi connectivity index (χ2n) is 8.10. The molecule has 2 N–H and O–H groups in total. The number of pyridine rings is 1. The minimum atomic E-state index is -3.65. The summed E-state index contributed by atoms with van der Waals surface area (Å²) in [6, 6.07) is 11.2. The van der Waals surface area contributed by atoms with E-state index in [1.807, 2.05) is 6.07 Å². The third-order valence-electron chi connectivity index (χ3n) is 6.10. The van der Waals surface area contributed by atoms with Gasteiger partial charge in [0, 0.05) is 38.6 Å². The molecule has 2 saturated heterocycles. The number of hydrogen-bond acceptors (Lipinski definition) is 7. The third kappa shape index (κ3) is 4.39. The van der Waals surface area contributed by atoms with Gasteiger partial charge >= 0.3 is 6.03 Å². The van der Waals surface area contributed by atoms with Crippen LogP contribution in [0.25, 0.3) is 0 Å². The molecule has 3 heterocycles. The monoisotopic (exact) mass is 486 g/mol.